The monoisotopic (exact) mass is 416 g/mol. The molecule has 0 fully saturated rings. The van der Waals surface area contributed by atoms with Crippen molar-refractivity contribution < 1.29 is 22.9 Å². The molecule has 0 N–H and O–H groups in total. The third kappa shape index (κ3) is 2.16. The molecule has 2 atom stereocenters. The Kier molecular flexibility index (Phi) is 3.29. The number of hydrogen-bond donors (Lipinski definition) is 0. The molecule has 0 spiro atoms. The molecule has 2 aliphatic rings. The second-order valence-electron chi connectivity index (χ2n) is 5.89. The number of allylic oxidation sites excluding steroid dienone is 5. The van der Waals surface area contributed by atoms with Gasteiger partial charge in [-0.05, 0) is 0 Å². The molecule has 0 bridgehead atoms. The molecule has 0 saturated carbocycles. The van der Waals surface area contributed by atoms with Crippen LogP contribution in [0.25, 0.3) is 6.08 Å². The van der Waals surface area contributed by atoms with E-state index in [4.69, 9.17) is 0 Å². The molecule has 0 aliphatic heterocycles. The van der Waals surface area contributed by atoms with Crippen LogP contribution in [0.15, 0.2) is 53.1 Å². The van der Waals surface area contributed by atoms with Crippen LogP contribution in [0.3, 0.4) is 0 Å². The summed E-state index contributed by atoms with van der Waals surface area (Å²) >= 11 is -0.855. The van der Waals surface area contributed by atoms with Crippen LogP contribution in [0.4, 0.5) is 0 Å². The standard InChI is InChI=1S/C9H7.C9H13.Hf/c1-2-5-9-7-3-6-8(9)4-1;1-6-5-7(2)9(4)8(6)3;/h1-7H;5H,1-4H3;. The fourth-order valence-corrected chi connectivity index (χ4v) is 10.2. The van der Waals surface area contributed by atoms with E-state index < -0.39 is 22.9 Å². The SMILES string of the molecule is CC1=C[C](C)([Hf][CH]2C=Cc3ccccc32)C(C)=C1C. The molecule has 0 amide bonds. The van der Waals surface area contributed by atoms with Gasteiger partial charge in [0.1, 0.15) is 0 Å². The van der Waals surface area contributed by atoms with Gasteiger partial charge in [0.2, 0.25) is 0 Å². The van der Waals surface area contributed by atoms with Crippen LogP contribution in [0.2, 0.25) is 3.17 Å². The zero-order valence-electron chi connectivity index (χ0n) is 12.1. The molecule has 19 heavy (non-hydrogen) atoms. The van der Waals surface area contributed by atoms with Crippen molar-refractivity contribution in [1.82, 2.24) is 0 Å². The Hall–Kier alpha value is -0.690. The van der Waals surface area contributed by atoms with Crippen LogP contribution in [-0.4, -0.2) is 0 Å². The van der Waals surface area contributed by atoms with E-state index in [1.165, 1.54) is 16.7 Å². The summed E-state index contributed by atoms with van der Waals surface area (Å²) in [6.45, 7) is 9.38. The molecule has 0 aromatic heterocycles. The molecular weight excluding hydrogens is 395 g/mol. The van der Waals surface area contributed by atoms with Crippen LogP contribution in [0.5, 0.6) is 0 Å². The zero-order valence-corrected chi connectivity index (χ0v) is 15.7. The van der Waals surface area contributed by atoms with E-state index in [0.29, 0.717) is 3.17 Å². The minimum atomic E-state index is -0.855. The number of rotatable bonds is 2. The van der Waals surface area contributed by atoms with E-state index in [1.54, 1.807) is 11.1 Å². The van der Waals surface area contributed by atoms with E-state index in [-0.39, 0.29) is 0 Å². The Bertz CT molecular complexity index is 618. The van der Waals surface area contributed by atoms with Crippen LogP contribution >= 0.6 is 0 Å². The fourth-order valence-electron chi connectivity index (χ4n) is 3.18. The van der Waals surface area contributed by atoms with Crippen molar-refractivity contribution in [3.05, 3.63) is 64.3 Å². The van der Waals surface area contributed by atoms with Gasteiger partial charge in [0, 0.05) is 0 Å². The first kappa shape index (κ1) is 13.3. The summed E-state index contributed by atoms with van der Waals surface area (Å²) < 4.78 is 1.17. The van der Waals surface area contributed by atoms with Gasteiger partial charge in [0.15, 0.2) is 0 Å². The number of hydrogen-bond acceptors (Lipinski definition) is 0. The van der Waals surface area contributed by atoms with Gasteiger partial charge < -0.3 is 0 Å². The molecule has 1 aromatic rings. The normalized spacial score (nSPS) is 28.6. The Morgan fingerprint density at radius 3 is 2.53 bits per heavy atom. The third-order valence-corrected chi connectivity index (χ3v) is 11.6. The van der Waals surface area contributed by atoms with Crippen LogP contribution in [0.1, 0.15) is 42.5 Å². The number of benzene rings is 1. The predicted octanol–water partition coefficient (Wildman–Crippen LogP) is 5.31. The second kappa shape index (κ2) is 4.70. The molecule has 0 nitrogen and oxygen atoms in total. The third-order valence-electron chi connectivity index (χ3n) is 4.69. The summed E-state index contributed by atoms with van der Waals surface area (Å²) in [5.74, 6) is 0. The van der Waals surface area contributed by atoms with Gasteiger partial charge in [-0.25, -0.2) is 0 Å². The molecule has 0 saturated heterocycles. The summed E-state index contributed by atoms with van der Waals surface area (Å²) in [4.78, 5) is 0. The topological polar surface area (TPSA) is 0 Å². The molecule has 0 radical (unpaired) electrons. The van der Waals surface area contributed by atoms with Crippen molar-refractivity contribution in [2.75, 3.05) is 0 Å². The quantitative estimate of drug-likeness (QED) is 0.575. The molecule has 1 heteroatoms. The maximum atomic E-state index is 2.55. The predicted molar refractivity (Wildman–Crippen MR) is 78.7 cm³/mol. The van der Waals surface area contributed by atoms with Crippen molar-refractivity contribution in [3.63, 3.8) is 0 Å². The Morgan fingerprint density at radius 2 is 1.84 bits per heavy atom. The fraction of sp³-hybridized carbons (Fsp3) is 0.333. The zero-order chi connectivity index (χ0) is 13.6. The average Bonchev–Trinajstić information content (AvgIpc) is 2.87. The second-order valence-corrected chi connectivity index (χ2v) is 12.9. The first-order chi connectivity index (χ1) is 9.01. The van der Waals surface area contributed by atoms with E-state index in [0.717, 1.165) is 3.67 Å². The molecule has 3 rings (SSSR count). The first-order valence-electron chi connectivity index (χ1n) is 6.94. The summed E-state index contributed by atoms with van der Waals surface area (Å²) in [6, 6.07) is 8.92. The van der Waals surface area contributed by atoms with Crippen LogP contribution in [0, 0.1) is 0 Å². The van der Waals surface area contributed by atoms with Gasteiger partial charge in [0.05, 0.1) is 0 Å². The molecular formula is C18H20Hf. The first-order valence-corrected chi connectivity index (χ1v) is 10.8. The summed E-state index contributed by atoms with van der Waals surface area (Å²) in [5, 5.41) is 0. The Labute approximate surface area is 127 Å². The summed E-state index contributed by atoms with van der Waals surface area (Å²) in [5.41, 5.74) is 7.69. The van der Waals surface area contributed by atoms with E-state index in [1.807, 2.05) is 0 Å². The summed E-state index contributed by atoms with van der Waals surface area (Å²) in [7, 11) is 0. The molecule has 2 unspecified atom stereocenters. The van der Waals surface area contributed by atoms with Crippen molar-refractivity contribution in [1.29, 1.82) is 0 Å². The van der Waals surface area contributed by atoms with Crippen LogP contribution in [-0.2, 0) is 22.9 Å². The Morgan fingerprint density at radius 1 is 1.11 bits per heavy atom. The van der Waals surface area contributed by atoms with Gasteiger partial charge >= 0.3 is 128 Å². The van der Waals surface area contributed by atoms with Gasteiger partial charge in [-0.1, -0.05) is 0 Å². The van der Waals surface area contributed by atoms with E-state index >= 15 is 0 Å². The van der Waals surface area contributed by atoms with Crippen molar-refractivity contribution in [2.45, 2.75) is 34.5 Å². The van der Waals surface area contributed by atoms with Gasteiger partial charge in [0.25, 0.3) is 0 Å². The van der Waals surface area contributed by atoms with Gasteiger partial charge in [-0.2, -0.15) is 0 Å². The average molecular weight is 415 g/mol. The maximum absolute atomic E-state index is 2.55. The van der Waals surface area contributed by atoms with Gasteiger partial charge in [-0.15, -0.1) is 0 Å². The minimum absolute atomic E-state index is 0.417. The molecule has 1 aromatic carbocycles. The molecule has 96 valence electrons. The molecule has 0 heterocycles. The van der Waals surface area contributed by atoms with E-state index in [9.17, 15) is 0 Å². The van der Waals surface area contributed by atoms with Gasteiger partial charge in [-0.3, -0.25) is 0 Å². The number of fused-ring (bicyclic) bond motifs is 1. The van der Waals surface area contributed by atoms with Crippen molar-refractivity contribution >= 4 is 6.08 Å². The molecule has 2 aliphatic carbocycles. The van der Waals surface area contributed by atoms with E-state index in [2.05, 4.69) is 70.2 Å². The van der Waals surface area contributed by atoms with Crippen molar-refractivity contribution in [3.8, 4) is 0 Å². The van der Waals surface area contributed by atoms with Crippen LogP contribution < -0.4 is 0 Å². The Balaban J connectivity index is 1.91. The summed E-state index contributed by atoms with van der Waals surface area (Å²) in [6.07, 6.45) is 7.34. The van der Waals surface area contributed by atoms with Crippen molar-refractivity contribution in [2.24, 2.45) is 0 Å².